The van der Waals surface area contributed by atoms with Gasteiger partial charge in [-0.1, -0.05) is 27.6 Å². The van der Waals surface area contributed by atoms with Gasteiger partial charge in [-0.25, -0.2) is 0 Å². The van der Waals surface area contributed by atoms with Gasteiger partial charge in [-0.2, -0.15) is 0 Å². The van der Waals surface area contributed by atoms with Crippen molar-refractivity contribution in [2.75, 3.05) is 5.33 Å². The lowest BCUT2D eigenvalue weighted by molar-refractivity contribution is -0.263. The Kier molecular flexibility index (Phi) is 2.91. The molecule has 0 aromatic carbocycles. The van der Waals surface area contributed by atoms with Crippen LogP contribution in [0.3, 0.4) is 0 Å². The van der Waals surface area contributed by atoms with Crippen LogP contribution in [0.2, 0.25) is 0 Å². The Morgan fingerprint density at radius 2 is 2.00 bits per heavy atom. The molecule has 75 valence electrons. The van der Waals surface area contributed by atoms with Gasteiger partial charge in [-0.05, 0) is 34.1 Å². The number of hydrogen-bond acceptors (Lipinski definition) is 1. The molecule has 0 N–H and O–H groups in total. The van der Waals surface area contributed by atoms with Crippen molar-refractivity contribution >= 4 is 15.9 Å². The normalized spacial score (nSPS) is 27.1. The zero-order chi connectivity index (χ0) is 10.3. The zero-order valence-corrected chi connectivity index (χ0v) is 10.3. The summed E-state index contributed by atoms with van der Waals surface area (Å²) in [4.78, 5) is 0. The van der Waals surface area contributed by atoms with Gasteiger partial charge in [0.25, 0.3) is 0 Å². The van der Waals surface area contributed by atoms with E-state index in [0.717, 1.165) is 11.8 Å². The predicted molar refractivity (Wildman–Crippen MR) is 57.2 cm³/mol. The Morgan fingerprint density at radius 3 is 2.38 bits per heavy atom. The average Bonchev–Trinajstić information content (AvgIpc) is 1.99. The Bertz CT molecular complexity index is 233. The molecule has 2 nitrogen and oxygen atoms in total. The molecule has 0 saturated heterocycles. The lowest BCUT2D eigenvalue weighted by Crippen LogP contribution is -2.54. The van der Waals surface area contributed by atoms with Crippen LogP contribution in [0.5, 0.6) is 0 Å². The molecule has 0 spiro atoms. The third-order valence-electron chi connectivity index (χ3n) is 2.46. The molecule has 1 rings (SSSR count). The van der Waals surface area contributed by atoms with E-state index in [-0.39, 0.29) is 11.1 Å². The Labute approximate surface area is 88.7 Å². The summed E-state index contributed by atoms with van der Waals surface area (Å²) < 4.78 is 0. The van der Waals surface area contributed by atoms with Gasteiger partial charge in [0.15, 0.2) is 0 Å². The molecule has 0 amide bonds. The molecule has 0 aromatic heterocycles. The Morgan fingerprint density at radius 1 is 1.46 bits per heavy atom. The molecular formula is C10H17BrNO. The van der Waals surface area contributed by atoms with E-state index in [1.807, 2.05) is 27.7 Å². The first kappa shape index (κ1) is 11.2. The van der Waals surface area contributed by atoms with Gasteiger partial charge in [-0.15, -0.1) is 10.3 Å². The Balaban J connectivity index is 3.01. The maximum absolute atomic E-state index is 11.9. The second-order valence-electron chi connectivity index (χ2n) is 4.87. The fraction of sp³-hybridized carbons (Fsp3) is 0.800. The molecule has 0 bridgehead atoms. The van der Waals surface area contributed by atoms with Gasteiger partial charge in [-0.3, -0.25) is 0 Å². The van der Waals surface area contributed by atoms with Crippen molar-refractivity contribution in [3.63, 3.8) is 0 Å². The number of hydrogen-bond donors (Lipinski definition) is 0. The Hall–Kier alpha value is 0.140. The third-order valence-corrected chi connectivity index (χ3v) is 3.18. The number of alkyl halides is 1. The minimum atomic E-state index is -0.370. The topological polar surface area (TPSA) is 23.1 Å². The fourth-order valence-corrected chi connectivity index (χ4v) is 2.46. The maximum Gasteiger partial charge on any atom is 0.0625 e. The second kappa shape index (κ2) is 3.37. The molecule has 1 heterocycles. The molecular weight excluding hydrogens is 230 g/mol. The minimum Gasteiger partial charge on any atom is -0.140 e. The van der Waals surface area contributed by atoms with Crippen LogP contribution in [0, 0.1) is 0 Å². The summed E-state index contributed by atoms with van der Waals surface area (Å²) in [6.07, 6.45) is 2.92. The predicted octanol–water partition coefficient (Wildman–Crippen LogP) is 2.92. The number of halogens is 1. The van der Waals surface area contributed by atoms with Gasteiger partial charge in [0.2, 0.25) is 0 Å². The van der Waals surface area contributed by atoms with E-state index < -0.39 is 0 Å². The monoisotopic (exact) mass is 246 g/mol. The van der Waals surface area contributed by atoms with Gasteiger partial charge in [0.1, 0.15) is 0 Å². The van der Waals surface area contributed by atoms with Crippen LogP contribution >= 0.6 is 15.9 Å². The van der Waals surface area contributed by atoms with Gasteiger partial charge in [0.05, 0.1) is 5.54 Å². The molecule has 0 unspecified atom stereocenters. The highest BCUT2D eigenvalue weighted by molar-refractivity contribution is 9.09. The van der Waals surface area contributed by atoms with Gasteiger partial charge >= 0.3 is 0 Å². The van der Waals surface area contributed by atoms with Crippen LogP contribution in [0.4, 0.5) is 0 Å². The summed E-state index contributed by atoms with van der Waals surface area (Å²) in [6, 6.07) is 0. The molecule has 0 aliphatic carbocycles. The summed E-state index contributed by atoms with van der Waals surface area (Å²) in [5, 5.41) is 14.0. The van der Waals surface area contributed by atoms with Gasteiger partial charge < -0.3 is 0 Å². The van der Waals surface area contributed by atoms with Crippen LogP contribution in [0.25, 0.3) is 0 Å². The molecule has 1 aliphatic rings. The first-order chi connectivity index (χ1) is 5.79. The molecule has 3 heteroatoms. The first-order valence-corrected chi connectivity index (χ1v) is 5.66. The lowest BCUT2D eigenvalue weighted by Gasteiger charge is -2.45. The quantitative estimate of drug-likeness (QED) is 0.516. The van der Waals surface area contributed by atoms with Crippen LogP contribution in [0.15, 0.2) is 11.6 Å². The average molecular weight is 247 g/mol. The molecule has 1 aliphatic heterocycles. The first-order valence-electron chi connectivity index (χ1n) is 4.54. The van der Waals surface area contributed by atoms with Crippen molar-refractivity contribution in [2.45, 2.75) is 45.2 Å². The van der Waals surface area contributed by atoms with Crippen molar-refractivity contribution in [3.8, 4) is 0 Å². The van der Waals surface area contributed by atoms with Crippen molar-refractivity contribution in [1.82, 2.24) is 5.06 Å². The van der Waals surface area contributed by atoms with Crippen LogP contribution in [-0.4, -0.2) is 21.5 Å². The number of hydroxylamine groups is 2. The van der Waals surface area contributed by atoms with Crippen LogP contribution in [0.1, 0.15) is 34.1 Å². The van der Waals surface area contributed by atoms with E-state index in [4.69, 9.17) is 0 Å². The summed E-state index contributed by atoms with van der Waals surface area (Å²) in [5.74, 6) is 0. The standard InChI is InChI=1S/C10H17BrNO/c1-9(2)5-8(7-11)6-10(3,4)12(9)13/h5H,6-7H2,1-4H3. The van der Waals surface area contributed by atoms with Gasteiger partial charge in [0, 0.05) is 10.9 Å². The molecule has 0 fully saturated rings. The SMILES string of the molecule is CC1(C)C=C(CBr)CC(C)(C)N1[O]. The molecule has 0 aromatic rings. The van der Waals surface area contributed by atoms with Crippen LogP contribution in [-0.2, 0) is 5.21 Å². The highest BCUT2D eigenvalue weighted by Gasteiger charge is 2.41. The fourth-order valence-electron chi connectivity index (χ4n) is 2.10. The molecule has 0 atom stereocenters. The second-order valence-corrected chi connectivity index (χ2v) is 5.43. The molecule has 0 saturated carbocycles. The third kappa shape index (κ3) is 2.14. The smallest absolute Gasteiger partial charge is 0.0625 e. The van der Waals surface area contributed by atoms with E-state index in [9.17, 15) is 5.21 Å². The summed E-state index contributed by atoms with van der Waals surface area (Å²) in [7, 11) is 0. The summed E-state index contributed by atoms with van der Waals surface area (Å²) in [6.45, 7) is 7.92. The van der Waals surface area contributed by atoms with Crippen LogP contribution < -0.4 is 0 Å². The minimum absolute atomic E-state index is 0.276. The van der Waals surface area contributed by atoms with Crippen molar-refractivity contribution in [3.05, 3.63) is 11.6 Å². The largest absolute Gasteiger partial charge is 0.140 e. The highest BCUT2D eigenvalue weighted by Crippen LogP contribution is 2.36. The number of rotatable bonds is 1. The zero-order valence-electron chi connectivity index (χ0n) is 8.72. The van der Waals surface area contributed by atoms with E-state index in [2.05, 4.69) is 22.0 Å². The summed E-state index contributed by atoms with van der Waals surface area (Å²) in [5.41, 5.74) is 0.675. The van der Waals surface area contributed by atoms with E-state index in [1.54, 1.807) is 0 Å². The van der Waals surface area contributed by atoms with E-state index in [1.165, 1.54) is 10.6 Å². The van der Waals surface area contributed by atoms with Crippen molar-refractivity contribution in [2.24, 2.45) is 0 Å². The van der Waals surface area contributed by atoms with E-state index in [0.29, 0.717) is 0 Å². The molecule has 1 radical (unpaired) electrons. The van der Waals surface area contributed by atoms with Crippen molar-refractivity contribution in [1.29, 1.82) is 0 Å². The van der Waals surface area contributed by atoms with Crippen molar-refractivity contribution < 1.29 is 5.21 Å². The maximum atomic E-state index is 11.9. The lowest BCUT2D eigenvalue weighted by atomic mass is 9.83. The van der Waals surface area contributed by atoms with E-state index >= 15 is 0 Å². The highest BCUT2D eigenvalue weighted by atomic mass is 79.9. The number of nitrogens with zero attached hydrogens (tertiary/aromatic N) is 1. The summed E-state index contributed by atoms with van der Waals surface area (Å²) >= 11 is 3.45. The molecule has 13 heavy (non-hydrogen) atoms.